The summed E-state index contributed by atoms with van der Waals surface area (Å²) in [5.74, 6) is 0. The topological polar surface area (TPSA) is 38.7 Å². The van der Waals surface area contributed by atoms with Gasteiger partial charge in [0.1, 0.15) is 0 Å². The molecule has 1 fully saturated rings. The Morgan fingerprint density at radius 1 is 1.38 bits per heavy atom. The molecule has 3 heteroatoms. The van der Waals surface area contributed by atoms with E-state index in [4.69, 9.17) is 14.6 Å². The van der Waals surface area contributed by atoms with E-state index >= 15 is 0 Å². The second-order valence-electron chi connectivity index (χ2n) is 4.80. The van der Waals surface area contributed by atoms with Crippen LogP contribution in [0.15, 0.2) is 0 Å². The minimum atomic E-state index is -0.0726. The van der Waals surface area contributed by atoms with Crippen molar-refractivity contribution in [2.75, 3.05) is 13.2 Å². The van der Waals surface area contributed by atoms with E-state index < -0.39 is 0 Å². The van der Waals surface area contributed by atoms with Crippen LogP contribution >= 0.6 is 0 Å². The maximum absolute atomic E-state index is 8.71. The number of aliphatic hydroxyl groups excluding tert-OH is 1. The quantitative estimate of drug-likeness (QED) is 0.730. The van der Waals surface area contributed by atoms with E-state index in [2.05, 4.69) is 20.8 Å². The molecule has 0 bridgehead atoms. The van der Waals surface area contributed by atoms with E-state index in [0.717, 1.165) is 6.42 Å². The lowest BCUT2D eigenvalue weighted by Crippen LogP contribution is -2.19. The molecule has 1 aliphatic rings. The molecule has 0 aromatic carbocycles. The average molecular weight is 188 g/mol. The summed E-state index contributed by atoms with van der Waals surface area (Å²) in [7, 11) is 0. The van der Waals surface area contributed by atoms with Gasteiger partial charge in [0.15, 0.2) is 6.29 Å². The molecule has 78 valence electrons. The van der Waals surface area contributed by atoms with Crippen molar-refractivity contribution in [2.24, 2.45) is 5.41 Å². The second-order valence-corrected chi connectivity index (χ2v) is 4.80. The molecular weight excluding hydrogens is 168 g/mol. The molecule has 1 heterocycles. The predicted molar refractivity (Wildman–Crippen MR) is 50.4 cm³/mol. The van der Waals surface area contributed by atoms with Crippen LogP contribution in [0.3, 0.4) is 0 Å². The first-order valence-corrected chi connectivity index (χ1v) is 4.89. The highest BCUT2D eigenvalue weighted by atomic mass is 16.7. The molecule has 0 radical (unpaired) electrons. The van der Waals surface area contributed by atoms with Gasteiger partial charge in [0, 0.05) is 13.0 Å². The lowest BCUT2D eigenvalue weighted by molar-refractivity contribution is -0.0812. The number of hydrogen-bond donors (Lipinski definition) is 1. The van der Waals surface area contributed by atoms with E-state index in [1.807, 2.05) is 0 Å². The largest absolute Gasteiger partial charge is 0.396 e. The average Bonchev–Trinajstić information content (AvgIpc) is 2.33. The molecule has 1 N–H and O–H groups in total. The predicted octanol–water partition coefficient (Wildman–Crippen LogP) is 1.55. The summed E-state index contributed by atoms with van der Waals surface area (Å²) in [6.45, 7) is 7.30. The van der Waals surface area contributed by atoms with Crippen LogP contribution in [0, 0.1) is 5.41 Å². The van der Waals surface area contributed by atoms with Crippen LogP contribution in [-0.4, -0.2) is 30.7 Å². The lowest BCUT2D eigenvalue weighted by Gasteiger charge is -2.21. The molecule has 0 spiro atoms. The van der Waals surface area contributed by atoms with Gasteiger partial charge in [0.05, 0.1) is 12.7 Å². The van der Waals surface area contributed by atoms with E-state index in [1.165, 1.54) is 0 Å². The minimum absolute atomic E-state index is 0.0726. The van der Waals surface area contributed by atoms with Crippen molar-refractivity contribution in [3.05, 3.63) is 0 Å². The maximum atomic E-state index is 8.71. The normalized spacial score (nSPS) is 29.5. The zero-order valence-corrected chi connectivity index (χ0v) is 8.75. The summed E-state index contributed by atoms with van der Waals surface area (Å²) in [4.78, 5) is 0. The first-order valence-electron chi connectivity index (χ1n) is 4.89. The monoisotopic (exact) mass is 188 g/mol. The van der Waals surface area contributed by atoms with Crippen molar-refractivity contribution < 1.29 is 14.6 Å². The van der Waals surface area contributed by atoms with Crippen molar-refractivity contribution in [1.82, 2.24) is 0 Å². The summed E-state index contributed by atoms with van der Waals surface area (Å²) in [5.41, 5.74) is 0.235. The summed E-state index contributed by atoms with van der Waals surface area (Å²) in [6.07, 6.45) is 1.61. The Bertz CT molecular complexity index is 151. The highest BCUT2D eigenvalue weighted by Crippen LogP contribution is 2.27. The van der Waals surface area contributed by atoms with Crippen molar-refractivity contribution in [2.45, 2.75) is 46.0 Å². The third-order valence-corrected chi connectivity index (χ3v) is 2.04. The van der Waals surface area contributed by atoms with Crippen LogP contribution in [0.5, 0.6) is 0 Å². The molecule has 0 aliphatic carbocycles. The first-order chi connectivity index (χ1) is 6.01. The third kappa shape index (κ3) is 4.07. The Morgan fingerprint density at radius 3 is 2.62 bits per heavy atom. The lowest BCUT2D eigenvalue weighted by atomic mass is 9.92. The van der Waals surface area contributed by atoms with Crippen LogP contribution in [-0.2, 0) is 9.47 Å². The molecule has 1 rings (SSSR count). The zero-order valence-electron chi connectivity index (χ0n) is 8.75. The first kappa shape index (κ1) is 11.0. The van der Waals surface area contributed by atoms with Gasteiger partial charge in [-0.2, -0.15) is 0 Å². The van der Waals surface area contributed by atoms with E-state index in [1.54, 1.807) is 0 Å². The van der Waals surface area contributed by atoms with Gasteiger partial charge in [-0.15, -0.1) is 0 Å². The summed E-state index contributed by atoms with van der Waals surface area (Å²) >= 11 is 0. The van der Waals surface area contributed by atoms with Crippen molar-refractivity contribution in [1.29, 1.82) is 0 Å². The number of hydrogen-bond acceptors (Lipinski definition) is 3. The molecule has 0 amide bonds. The molecule has 3 nitrogen and oxygen atoms in total. The molecular formula is C10H20O3. The van der Waals surface area contributed by atoms with Gasteiger partial charge >= 0.3 is 0 Å². The van der Waals surface area contributed by atoms with Crippen LogP contribution in [0.25, 0.3) is 0 Å². The Labute approximate surface area is 80.0 Å². The van der Waals surface area contributed by atoms with Crippen LogP contribution in [0.4, 0.5) is 0 Å². The second kappa shape index (κ2) is 4.40. The Morgan fingerprint density at radius 2 is 2.08 bits per heavy atom. The molecule has 1 aliphatic heterocycles. The molecule has 2 atom stereocenters. The molecule has 0 aromatic rings. The Hall–Kier alpha value is -0.120. The maximum Gasteiger partial charge on any atom is 0.158 e. The Kier molecular flexibility index (Phi) is 3.71. The van der Waals surface area contributed by atoms with Gasteiger partial charge in [-0.05, 0) is 11.8 Å². The van der Waals surface area contributed by atoms with Gasteiger partial charge in [-0.25, -0.2) is 0 Å². The van der Waals surface area contributed by atoms with Crippen LogP contribution < -0.4 is 0 Å². The molecule has 1 saturated heterocycles. The number of ether oxygens (including phenoxy) is 2. The fraction of sp³-hybridized carbons (Fsp3) is 1.00. The molecule has 13 heavy (non-hydrogen) atoms. The SMILES string of the molecule is CC(C)(C)CC1OCC(CCO)O1. The Balaban J connectivity index is 2.25. The minimum Gasteiger partial charge on any atom is -0.396 e. The summed E-state index contributed by atoms with van der Waals surface area (Å²) < 4.78 is 11.1. The smallest absolute Gasteiger partial charge is 0.158 e. The van der Waals surface area contributed by atoms with Crippen LogP contribution in [0.2, 0.25) is 0 Å². The van der Waals surface area contributed by atoms with Crippen molar-refractivity contribution in [3.8, 4) is 0 Å². The van der Waals surface area contributed by atoms with Gasteiger partial charge in [-0.1, -0.05) is 20.8 Å². The summed E-state index contributed by atoms with van der Waals surface area (Å²) in [6, 6.07) is 0. The molecule has 0 aromatic heterocycles. The number of aliphatic hydroxyl groups is 1. The standard InChI is InChI=1S/C10H20O3/c1-10(2,3)6-9-12-7-8(13-9)4-5-11/h8-9,11H,4-7H2,1-3H3. The van der Waals surface area contributed by atoms with Gasteiger partial charge in [0.25, 0.3) is 0 Å². The van der Waals surface area contributed by atoms with Gasteiger partial charge in [0.2, 0.25) is 0 Å². The fourth-order valence-corrected chi connectivity index (χ4v) is 1.41. The van der Waals surface area contributed by atoms with Crippen LogP contribution in [0.1, 0.15) is 33.6 Å². The zero-order chi connectivity index (χ0) is 9.90. The highest BCUT2D eigenvalue weighted by Gasteiger charge is 2.28. The highest BCUT2D eigenvalue weighted by molar-refractivity contribution is 4.70. The third-order valence-electron chi connectivity index (χ3n) is 2.04. The van der Waals surface area contributed by atoms with E-state index in [-0.39, 0.29) is 24.4 Å². The van der Waals surface area contributed by atoms with E-state index in [0.29, 0.717) is 13.0 Å². The van der Waals surface area contributed by atoms with Crippen molar-refractivity contribution in [3.63, 3.8) is 0 Å². The number of rotatable bonds is 3. The van der Waals surface area contributed by atoms with Gasteiger partial charge < -0.3 is 14.6 Å². The van der Waals surface area contributed by atoms with E-state index in [9.17, 15) is 0 Å². The van der Waals surface area contributed by atoms with Gasteiger partial charge in [-0.3, -0.25) is 0 Å². The molecule has 0 saturated carbocycles. The summed E-state index contributed by atoms with van der Waals surface area (Å²) in [5, 5.41) is 8.71. The fourth-order valence-electron chi connectivity index (χ4n) is 1.41. The molecule has 2 unspecified atom stereocenters. The van der Waals surface area contributed by atoms with Crippen molar-refractivity contribution >= 4 is 0 Å².